The van der Waals surface area contributed by atoms with Crippen LogP contribution in [-0.2, 0) is 14.3 Å². The monoisotopic (exact) mass is 232 g/mol. The van der Waals surface area contributed by atoms with Crippen LogP contribution in [0.2, 0.25) is 0 Å². The van der Waals surface area contributed by atoms with Crippen LogP contribution < -0.4 is 0 Å². The third kappa shape index (κ3) is 3.17. The molecule has 2 rings (SSSR count). The fourth-order valence-electron chi connectivity index (χ4n) is 2.02. The van der Waals surface area contributed by atoms with Crippen LogP contribution in [0.4, 0.5) is 0 Å². The molecule has 3 heteroatoms. The number of carbonyl (C=O) groups excluding carboxylic acids is 1. The van der Waals surface area contributed by atoms with Gasteiger partial charge in [-0.3, -0.25) is 0 Å². The molecule has 0 heterocycles. The first-order valence-electron chi connectivity index (χ1n) is 5.71. The van der Waals surface area contributed by atoms with E-state index < -0.39 is 0 Å². The Balaban J connectivity index is 1.89. The molecule has 2 atom stereocenters. The summed E-state index contributed by atoms with van der Waals surface area (Å²) in [5.41, 5.74) is 1.26. The fraction of sp³-hybridized carbons (Fsp3) is 0.357. The van der Waals surface area contributed by atoms with Gasteiger partial charge in [0.05, 0.1) is 0 Å². The number of benzene rings is 1. The van der Waals surface area contributed by atoms with Gasteiger partial charge in [0.2, 0.25) is 0 Å². The Morgan fingerprint density at radius 1 is 1.29 bits per heavy atom. The van der Waals surface area contributed by atoms with Crippen molar-refractivity contribution in [2.75, 3.05) is 13.7 Å². The first kappa shape index (κ1) is 11.9. The second kappa shape index (κ2) is 5.64. The van der Waals surface area contributed by atoms with Crippen molar-refractivity contribution in [2.24, 2.45) is 0 Å². The maximum Gasteiger partial charge on any atom is 0.332 e. The summed E-state index contributed by atoms with van der Waals surface area (Å²) in [5.74, 6) is 0.0346. The summed E-state index contributed by atoms with van der Waals surface area (Å²) >= 11 is 0. The van der Waals surface area contributed by atoms with Crippen LogP contribution in [0.3, 0.4) is 0 Å². The molecule has 1 aliphatic rings. The molecule has 0 saturated carbocycles. The van der Waals surface area contributed by atoms with Gasteiger partial charge in [-0.2, -0.15) is 0 Å². The summed E-state index contributed by atoms with van der Waals surface area (Å²) < 4.78 is 9.98. The van der Waals surface area contributed by atoms with E-state index >= 15 is 0 Å². The van der Waals surface area contributed by atoms with Gasteiger partial charge in [0.25, 0.3) is 0 Å². The minimum absolute atomic E-state index is 0.0142. The largest absolute Gasteiger partial charge is 0.456 e. The van der Waals surface area contributed by atoms with Crippen molar-refractivity contribution in [3.63, 3.8) is 0 Å². The molecule has 1 aromatic rings. The van der Waals surface area contributed by atoms with E-state index in [0.29, 0.717) is 5.92 Å². The van der Waals surface area contributed by atoms with Crippen molar-refractivity contribution in [2.45, 2.75) is 18.4 Å². The van der Waals surface area contributed by atoms with Gasteiger partial charge in [-0.15, -0.1) is 0 Å². The van der Waals surface area contributed by atoms with E-state index in [2.05, 4.69) is 18.2 Å². The summed E-state index contributed by atoms with van der Waals surface area (Å²) in [6.07, 6.45) is 4.74. The highest BCUT2D eigenvalue weighted by molar-refractivity contribution is 5.71. The molecule has 0 spiro atoms. The Morgan fingerprint density at radius 2 is 2.06 bits per heavy atom. The minimum atomic E-state index is -0.309. The molecule has 90 valence electrons. The summed E-state index contributed by atoms with van der Waals surface area (Å²) in [4.78, 5) is 11.3. The molecule has 0 N–H and O–H groups in total. The van der Waals surface area contributed by atoms with Gasteiger partial charge < -0.3 is 9.47 Å². The van der Waals surface area contributed by atoms with Crippen molar-refractivity contribution >= 4 is 5.97 Å². The normalized spacial score (nSPS) is 22.6. The summed E-state index contributed by atoms with van der Waals surface area (Å²) in [5, 5.41) is 0. The average Bonchev–Trinajstić information content (AvgIpc) is 2.79. The SMILES string of the molecule is COCC(=O)O[C@@H]1C=C[C@H](c2ccccc2)C1. The van der Waals surface area contributed by atoms with Gasteiger partial charge in [-0.1, -0.05) is 36.4 Å². The fourth-order valence-corrected chi connectivity index (χ4v) is 2.02. The molecule has 17 heavy (non-hydrogen) atoms. The zero-order valence-electron chi connectivity index (χ0n) is 9.84. The van der Waals surface area contributed by atoms with Gasteiger partial charge in [0, 0.05) is 13.0 Å². The Kier molecular flexibility index (Phi) is 3.94. The smallest absolute Gasteiger partial charge is 0.332 e. The number of ether oxygens (including phenoxy) is 2. The van der Waals surface area contributed by atoms with Gasteiger partial charge in [-0.25, -0.2) is 4.79 Å². The Hall–Kier alpha value is -1.61. The molecule has 0 saturated heterocycles. The number of hydrogen-bond acceptors (Lipinski definition) is 3. The van der Waals surface area contributed by atoms with E-state index in [1.165, 1.54) is 12.7 Å². The quantitative estimate of drug-likeness (QED) is 0.590. The lowest BCUT2D eigenvalue weighted by molar-refractivity contribution is -0.151. The maximum atomic E-state index is 11.3. The number of rotatable bonds is 4. The lowest BCUT2D eigenvalue weighted by Crippen LogP contribution is -2.18. The zero-order chi connectivity index (χ0) is 12.1. The van der Waals surface area contributed by atoms with E-state index in [9.17, 15) is 4.79 Å². The predicted octanol–water partition coefficient (Wildman–Crippen LogP) is 2.29. The Labute approximate surface area is 101 Å². The Bertz CT molecular complexity index is 397. The molecular weight excluding hydrogens is 216 g/mol. The standard InChI is InChI=1S/C14H16O3/c1-16-10-14(15)17-13-8-7-12(9-13)11-5-3-2-4-6-11/h2-8,12-13H,9-10H2,1H3/t12-,13+/m0/s1. The highest BCUT2D eigenvalue weighted by Gasteiger charge is 2.22. The van der Waals surface area contributed by atoms with Gasteiger partial charge in [-0.05, 0) is 18.1 Å². The highest BCUT2D eigenvalue weighted by atomic mass is 16.6. The second-order valence-corrected chi connectivity index (χ2v) is 4.10. The van der Waals surface area contributed by atoms with Crippen molar-refractivity contribution in [3.05, 3.63) is 48.0 Å². The number of hydrogen-bond donors (Lipinski definition) is 0. The molecule has 0 bridgehead atoms. The van der Waals surface area contributed by atoms with Gasteiger partial charge >= 0.3 is 5.97 Å². The third-order valence-electron chi connectivity index (χ3n) is 2.82. The Morgan fingerprint density at radius 3 is 2.76 bits per heavy atom. The van der Waals surface area contributed by atoms with Crippen LogP contribution in [0.25, 0.3) is 0 Å². The van der Waals surface area contributed by atoms with Crippen molar-refractivity contribution in [1.82, 2.24) is 0 Å². The number of allylic oxidation sites excluding steroid dienone is 1. The van der Waals surface area contributed by atoms with Crippen LogP contribution in [0.15, 0.2) is 42.5 Å². The topological polar surface area (TPSA) is 35.5 Å². The van der Waals surface area contributed by atoms with Crippen LogP contribution >= 0.6 is 0 Å². The molecular formula is C14H16O3. The predicted molar refractivity (Wildman–Crippen MR) is 64.7 cm³/mol. The first-order chi connectivity index (χ1) is 8.29. The molecule has 1 aliphatic carbocycles. The lowest BCUT2D eigenvalue weighted by atomic mass is 9.98. The molecule has 0 fully saturated rings. The van der Waals surface area contributed by atoms with Crippen molar-refractivity contribution in [3.8, 4) is 0 Å². The first-order valence-corrected chi connectivity index (χ1v) is 5.71. The van der Waals surface area contributed by atoms with Crippen LogP contribution in [-0.4, -0.2) is 25.8 Å². The lowest BCUT2D eigenvalue weighted by Gasteiger charge is -2.13. The molecule has 1 aromatic carbocycles. The average molecular weight is 232 g/mol. The minimum Gasteiger partial charge on any atom is -0.456 e. The number of methoxy groups -OCH3 is 1. The number of carbonyl (C=O) groups is 1. The molecule has 0 aliphatic heterocycles. The van der Waals surface area contributed by atoms with E-state index in [4.69, 9.17) is 9.47 Å². The van der Waals surface area contributed by atoms with E-state index in [0.717, 1.165) is 6.42 Å². The third-order valence-corrected chi connectivity index (χ3v) is 2.82. The van der Waals surface area contributed by atoms with E-state index in [1.807, 2.05) is 24.3 Å². The van der Waals surface area contributed by atoms with E-state index in [1.54, 1.807) is 0 Å². The summed E-state index contributed by atoms with van der Waals surface area (Å²) in [7, 11) is 1.48. The van der Waals surface area contributed by atoms with Gasteiger partial charge in [0.15, 0.2) is 0 Å². The summed E-state index contributed by atoms with van der Waals surface area (Å²) in [6, 6.07) is 10.2. The molecule has 0 aromatic heterocycles. The van der Waals surface area contributed by atoms with Crippen LogP contribution in [0.5, 0.6) is 0 Å². The van der Waals surface area contributed by atoms with Crippen molar-refractivity contribution in [1.29, 1.82) is 0 Å². The zero-order valence-corrected chi connectivity index (χ0v) is 9.84. The van der Waals surface area contributed by atoms with Gasteiger partial charge in [0.1, 0.15) is 12.7 Å². The maximum absolute atomic E-state index is 11.3. The molecule has 0 unspecified atom stereocenters. The molecule has 3 nitrogen and oxygen atoms in total. The summed E-state index contributed by atoms with van der Waals surface area (Å²) in [6.45, 7) is 0.0142. The molecule has 0 radical (unpaired) electrons. The van der Waals surface area contributed by atoms with Crippen LogP contribution in [0.1, 0.15) is 17.9 Å². The second-order valence-electron chi connectivity index (χ2n) is 4.10. The van der Waals surface area contributed by atoms with Crippen LogP contribution in [0, 0.1) is 0 Å². The number of esters is 1. The molecule has 0 amide bonds. The van der Waals surface area contributed by atoms with Crippen molar-refractivity contribution < 1.29 is 14.3 Å². The van der Waals surface area contributed by atoms with E-state index in [-0.39, 0.29) is 18.7 Å². The highest BCUT2D eigenvalue weighted by Crippen LogP contribution is 2.29.